The second kappa shape index (κ2) is 6.51. The fourth-order valence-electron chi connectivity index (χ4n) is 3.80. The van der Waals surface area contributed by atoms with Crippen molar-refractivity contribution >= 4 is 15.9 Å². The summed E-state index contributed by atoms with van der Waals surface area (Å²) in [7, 11) is -3.20. The molecule has 0 saturated heterocycles. The Kier molecular flexibility index (Phi) is 4.32. The maximum absolute atomic E-state index is 12.6. The lowest BCUT2D eigenvalue weighted by Crippen LogP contribution is -2.37. The maximum atomic E-state index is 12.6. The highest BCUT2D eigenvalue weighted by molar-refractivity contribution is 7.88. The molecule has 1 aliphatic heterocycles. The van der Waals surface area contributed by atoms with Crippen molar-refractivity contribution in [3.05, 3.63) is 52.8 Å². The summed E-state index contributed by atoms with van der Waals surface area (Å²) in [4.78, 5) is 12.6. The van der Waals surface area contributed by atoms with Gasteiger partial charge < -0.3 is 5.32 Å². The van der Waals surface area contributed by atoms with Gasteiger partial charge in [-0.3, -0.25) is 9.48 Å². The minimum absolute atomic E-state index is 0.0266. The van der Waals surface area contributed by atoms with E-state index in [1.807, 2.05) is 28.9 Å². The molecule has 1 amide bonds. The summed E-state index contributed by atoms with van der Waals surface area (Å²) in [5.41, 5.74) is 4.00. The lowest BCUT2D eigenvalue weighted by Gasteiger charge is -2.25. The molecular formula is C18H22N4O3S. The lowest BCUT2D eigenvalue weighted by molar-refractivity contribution is -0.122. The van der Waals surface area contributed by atoms with Crippen LogP contribution in [0.4, 0.5) is 0 Å². The van der Waals surface area contributed by atoms with E-state index in [1.54, 1.807) is 0 Å². The summed E-state index contributed by atoms with van der Waals surface area (Å²) in [6.07, 6.45) is 3.00. The van der Waals surface area contributed by atoms with Crippen molar-refractivity contribution in [2.45, 2.75) is 38.4 Å². The van der Waals surface area contributed by atoms with E-state index in [2.05, 4.69) is 16.5 Å². The van der Waals surface area contributed by atoms with Crippen molar-refractivity contribution < 1.29 is 13.2 Å². The molecule has 4 rings (SSSR count). The monoisotopic (exact) mass is 374 g/mol. The molecule has 26 heavy (non-hydrogen) atoms. The van der Waals surface area contributed by atoms with E-state index in [4.69, 9.17) is 0 Å². The number of amides is 1. The third kappa shape index (κ3) is 3.26. The molecule has 1 N–H and O–H groups in total. The lowest BCUT2D eigenvalue weighted by atomic mass is 10.0. The van der Waals surface area contributed by atoms with Gasteiger partial charge in [0.2, 0.25) is 15.9 Å². The predicted molar refractivity (Wildman–Crippen MR) is 96.8 cm³/mol. The first kappa shape index (κ1) is 17.2. The number of carbonyl (C=O) groups is 1. The van der Waals surface area contributed by atoms with Crippen LogP contribution in [0.15, 0.2) is 30.3 Å². The highest BCUT2D eigenvalue weighted by Crippen LogP contribution is 2.32. The minimum Gasteiger partial charge on any atom is -0.350 e. The first-order valence-corrected chi connectivity index (χ1v) is 10.6. The number of fused-ring (bicyclic) bond motifs is 2. The first-order valence-electron chi connectivity index (χ1n) is 8.78. The van der Waals surface area contributed by atoms with Gasteiger partial charge in [0.1, 0.15) is 0 Å². The number of aromatic nitrogens is 2. The Bertz CT molecular complexity index is 951. The van der Waals surface area contributed by atoms with Gasteiger partial charge in [0.05, 0.1) is 43.2 Å². The Morgan fingerprint density at radius 2 is 2.12 bits per heavy atom. The molecule has 1 aromatic heterocycles. The molecule has 0 radical (unpaired) electrons. The van der Waals surface area contributed by atoms with Gasteiger partial charge in [0, 0.05) is 6.54 Å². The average Bonchev–Trinajstić information content (AvgIpc) is 3.21. The Balaban J connectivity index is 1.41. The summed E-state index contributed by atoms with van der Waals surface area (Å²) in [6, 6.07) is 9.97. The van der Waals surface area contributed by atoms with Gasteiger partial charge in [-0.15, -0.1) is 0 Å². The normalized spacial score (nSPS) is 19.8. The molecule has 1 aromatic carbocycles. The van der Waals surface area contributed by atoms with Gasteiger partial charge in [0.15, 0.2) is 0 Å². The molecule has 2 aromatic rings. The molecule has 8 heteroatoms. The number of hydrogen-bond donors (Lipinski definition) is 1. The molecule has 2 aliphatic rings. The number of sulfonamides is 1. The van der Waals surface area contributed by atoms with Crippen LogP contribution < -0.4 is 5.32 Å². The Morgan fingerprint density at radius 1 is 1.31 bits per heavy atom. The molecular weight excluding hydrogens is 352 g/mol. The summed E-state index contributed by atoms with van der Waals surface area (Å²) in [5, 5.41) is 7.48. The van der Waals surface area contributed by atoms with Gasteiger partial charge in [0.25, 0.3) is 0 Å². The van der Waals surface area contributed by atoms with Gasteiger partial charge in [-0.05, 0) is 30.0 Å². The second-order valence-corrected chi connectivity index (χ2v) is 8.94. The number of hydrogen-bond acceptors (Lipinski definition) is 4. The van der Waals surface area contributed by atoms with E-state index in [0.717, 1.165) is 29.8 Å². The van der Waals surface area contributed by atoms with Crippen LogP contribution in [0.5, 0.6) is 0 Å². The third-order valence-corrected chi connectivity index (χ3v) is 6.43. The van der Waals surface area contributed by atoms with Crippen molar-refractivity contribution in [2.24, 2.45) is 0 Å². The SMILES string of the molecule is CS(=O)(=O)N1CCn2nc(CNC(=O)[C@@H]3CCc4ccccc43)cc2C1. The minimum atomic E-state index is -3.20. The quantitative estimate of drug-likeness (QED) is 0.865. The largest absolute Gasteiger partial charge is 0.350 e. The number of carbonyl (C=O) groups excluding carboxylic acids is 1. The van der Waals surface area contributed by atoms with Gasteiger partial charge in [-0.1, -0.05) is 24.3 Å². The number of nitrogens with zero attached hydrogens (tertiary/aromatic N) is 3. The third-order valence-electron chi connectivity index (χ3n) is 5.18. The summed E-state index contributed by atoms with van der Waals surface area (Å²) in [5.74, 6) is -0.0668. The van der Waals surface area contributed by atoms with Crippen LogP contribution in [-0.4, -0.2) is 41.2 Å². The average molecular weight is 374 g/mol. The molecule has 1 atom stereocenters. The highest BCUT2D eigenvalue weighted by Gasteiger charge is 2.28. The van der Waals surface area contributed by atoms with Crippen molar-refractivity contribution in [1.82, 2.24) is 19.4 Å². The predicted octanol–water partition coefficient (Wildman–Crippen LogP) is 1.00. The molecule has 0 unspecified atom stereocenters. The molecule has 7 nitrogen and oxygen atoms in total. The zero-order chi connectivity index (χ0) is 18.3. The topological polar surface area (TPSA) is 84.3 Å². The molecule has 0 fully saturated rings. The van der Waals surface area contributed by atoms with Crippen molar-refractivity contribution in [3.8, 4) is 0 Å². The fraction of sp³-hybridized carbons (Fsp3) is 0.444. The zero-order valence-corrected chi connectivity index (χ0v) is 15.5. The van der Waals surface area contributed by atoms with Crippen LogP contribution in [0, 0.1) is 0 Å². The maximum Gasteiger partial charge on any atom is 0.227 e. The van der Waals surface area contributed by atoms with Crippen LogP contribution in [0.25, 0.3) is 0 Å². The first-order chi connectivity index (χ1) is 12.4. The highest BCUT2D eigenvalue weighted by atomic mass is 32.2. The van der Waals surface area contributed by atoms with E-state index < -0.39 is 10.0 Å². The van der Waals surface area contributed by atoms with Gasteiger partial charge in [-0.25, -0.2) is 8.42 Å². The molecule has 2 heterocycles. The molecule has 0 saturated carbocycles. The molecule has 0 bridgehead atoms. The molecule has 138 valence electrons. The van der Waals surface area contributed by atoms with Crippen molar-refractivity contribution in [2.75, 3.05) is 12.8 Å². The number of nitrogens with one attached hydrogen (secondary N) is 1. The van der Waals surface area contributed by atoms with E-state index in [9.17, 15) is 13.2 Å². The van der Waals surface area contributed by atoms with Gasteiger partial charge >= 0.3 is 0 Å². The summed E-state index contributed by atoms with van der Waals surface area (Å²) >= 11 is 0. The Labute approximate surface area is 153 Å². The van der Waals surface area contributed by atoms with Crippen LogP contribution >= 0.6 is 0 Å². The molecule has 0 spiro atoms. The van der Waals surface area contributed by atoms with Crippen molar-refractivity contribution in [1.29, 1.82) is 0 Å². The van der Waals surface area contributed by atoms with Gasteiger partial charge in [-0.2, -0.15) is 9.40 Å². The van der Waals surface area contributed by atoms with Crippen molar-refractivity contribution in [3.63, 3.8) is 0 Å². The van der Waals surface area contributed by atoms with E-state index in [0.29, 0.717) is 26.2 Å². The Hall–Kier alpha value is -2.19. The summed E-state index contributed by atoms with van der Waals surface area (Å²) < 4.78 is 26.7. The number of rotatable bonds is 4. The smallest absolute Gasteiger partial charge is 0.227 e. The van der Waals surface area contributed by atoms with E-state index in [-0.39, 0.29) is 11.8 Å². The number of aryl methyl sites for hydroxylation is 1. The summed E-state index contributed by atoms with van der Waals surface area (Å²) in [6.45, 7) is 1.65. The van der Waals surface area contributed by atoms with Crippen LogP contribution in [0.2, 0.25) is 0 Å². The van der Waals surface area contributed by atoms with Crippen LogP contribution in [-0.2, 0) is 40.9 Å². The Morgan fingerprint density at radius 3 is 2.92 bits per heavy atom. The standard InChI is InChI=1S/C18H22N4O3S/c1-26(24,25)21-8-9-22-15(12-21)10-14(20-22)11-19-18(23)17-7-6-13-4-2-3-5-16(13)17/h2-5,10,17H,6-9,11-12H2,1H3,(H,19,23)/t17-/m1/s1. The van der Waals surface area contributed by atoms with Crippen LogP contribution in [0.3, 0.4) is 0 Å². The van der Waals surface area contributed by atoms with E-state index in [1.165, 1.54) is 16.1 Å². The zero-order valence-electron chi connectivity index (χ0n) is 14.7. The van der Waals surface area contributed by atoms with E-state index >= 15 is 0 Å². The van der Waals surface area contributed by atoms with Crippen LogP contribution in [0.1, 0.15) is 34.9 Å². The number of benzene rings is 1. The second-order valence-electron chi connectivity index (χ2n) is 6.95. The fourth-order valence-corrected chi connectivity index (χ4v) is 4.58. The molecule has 1 aliphatic carbocycles.